The monoisotopic (exact) mass is 345 g/mol. The quantitative estimate of drug-likeness (QED) is 0.857. The van der Waals surface area contributed by atoms with Gasteiger partial charge >= 0.3 is 0 Å². The van der Waals surface area contributed by atoms with Crippen molar-refractivity contribution in [1.29, 1.82) is 0 Å². The Morgan fingerprint density at radius 3 is 2.68 bits per heavy atom. The van der Waals surface area contributed by atoms with E-state index < -0.39 is 0 Å². The molecule has 1 aromatic heterocycles. The lowest BCUT2D eigenvalue weighted by molar-refractivity contribution is -0.132. The van der Waals surface area contributed by atoms with Gasteiger partial charge in [-0.2, -0.15) is 11.3 Å². The van der Waals surface area contributed by atoms with Crippen LogP contribution in [-0.2, 0) is 4.79 Å². The molecule has 0 aliphatic carbocycles. The normalized spacial score (nSPS) is 16.7. The van der Waals surface area contributed by atoms with Crippen LogP contribution in [0.4, 0.5) is 0 Å². The highest BCUT2D eigenvalue weighted by atomic mass is 35.5. The van der Waals surface area contributed by atoms with Crippen molar-refractivity contribution < 1.29 is 9.59 Å². The van der Waals surface area contributed by atoms with Gasteiger partial charge in [-0.15, -0.1) is 12.4 Å². The summed E-state index contributed by atoms with van der Waals surface area (Å²) in [6, 6.07) is 2.05. The fraction of sp³-hybridized carbons (Fsp3) is 0.600. The van der Waals surface area contributed by atoms with Gasteiger partial charge in [0.2, 0.25) is 5.91 Å². The van der Waals surface area contributed by atoms with E-state index in [4.69, 9.17) is 5.73 Å². The third-order valence-electron chi connectivity index (χ3n) is 3.78. The average Bonchev–Trinajstić information content (AvgIpc) is 3.00. The maximum absolute atomic E-state index is 12.0. The molecular formula is C15H24ClN3O2S. The lowest BCUT2D eigenvalue weighted by Crippen LogP contribution is -2.46. The molecule has 1 aliphatic rings. The van der Waals surface area contributed by atoms with Gasteiger partial charge in [0, 0.05) is 42.5 Å². The van der Waals surface area contributed by atoms with Gasteiger partial charge in [-0.05, 0) is 37.6 Å². The molecule has 1 aromatic rings. The smallest absolute Gasteiger partial charge is 0.252 e. The fourth-order valence-electron chi connectivity index (χ4n) is 2.44. The number of carbonyl (C=O) groups excluding carboxylic acids is 2. The number of amides is 2. The van der Waals surface area contributed by atoms with Crippen LogP contribution in [0.2, 0.25) is 0 Å². The van der Waals surface area contributed by atoms with Crippen LogP contribution < -0.4 is 11.1 Å². The van der Waals surface area contributed by atoms with E-state index in [0.29, 0.717) is 19.5 Å². The predicted octanol–water partition coefficient (Wildman–Crippen LogP) is 2.02. The van der Waals surface area contributed by atoms with Crippen molar-refractivity contribution in [2.45, 2.75) is 44.7 Å². The number of rotatable bonds is 5. The van der Waals surface area contributed by atoms with E-state index in [1.807, 2.05) is 28.7 Å². The first-order chi connectivity index (χ1) is 10.1. The van der Waals surface area contributed by atoms with Crippen LogP contribution in [0.1, 0.15) is 43.0 Å². The van der Waals surface area contributed by atoms with Crippen molar-refractivity contribution in [1.82, 2.24) is 10.2 Å². The van der Waals surface area contributed by atoms with Gasteiger partial charge in [-0.3, -0.25) is 9.59 Å². The van der Waals surface area contributed by atoms with Gasteiger partial charge in [0.05, 0.1) is 0 Å². The van der Waals surface area contributed by atoms with Crippen LogP contribution in [0.3, 0.4) is 0 Å². The largest absolute Gasteiger partial charge is 0.349 e. The molecule has 1 saturated heterocycles. The summed E-state index contributed by atoms with van der Waals surface area (Å²) in [5.41, 5.74) is 6.39. The van der Waals surface area contributed by atoms with Gasteiger partial charge in [0.15, 0.2) is 0 Å². The Morgan fingerprint density at radius 2 is 2.14 bits per heavy atom. The Kier molecular flexibility index (Phi) is 7.85. The first kappa shape index (κ1) is 18.9. The molecule has 1 aliphatic heterocycles. The van der Waals surface area contributed by atoms with Gasteiger partial charge in [-0.1, -0.05) is 0 Å². The summed E-state index contributed by atoms with van der Waals surface area (Å²) < 4.78 is 0. The summed E-state index contributed by atoms with van der Waals surface area (Å²) >= 11 is 1.52. The maximum atomic E-state index is 12.0. The van der Waals surface area contributed by atoms with E-state index in [1.54, 1.807) is 0 Å². The minimum atomic E-state index is -0.0158. The Labute approximate surface area is 141 Å². The van der Waals surface area contributed by atoms with Crippen molar-refractivity contribution in [3.05, 3.63) is 22.4 Å². The number of nitrogens with zero attached hydrogens (tertiary/aromatic N) is 1. The minimum absolute atomic E-state index is 0. The SMILES string of the molecule is CC(N)CCC(=O)N1CCC(NC(=O)c2ccsc2)CC1.Cl. The zero-order valence-electron chi connectivity index (χ0n) is 12.8. The summed E-state index contributed by atoms with van der Waals surface area (Å²) in [6.45, 7) is 3.35. The number of carbonyl (C=O) groups is 2. The summed E-state index contributed by atoms with van der Waals surface area (Å²) in [6.07, 6.45) is 2.89. The van der Waals surface area contributed by atoms with Crippen LogP contribution >= 0.6 is 23.7 Å². The Bertz CT molecular complexity index is 471. The second-order valence-corrected chi connectivity index (χ2v) is 6.44. The standard InChI is InChI=1S/C15H23N3O2S.ClH/c1-11(16)2-3-14(19)18-7-4-13(5-8-18)17-15(20)12-6-9-21-10-12;/h6,9-11,13H,2-5,7-8,16H2,1H3,(H,17,20);1H. The van der Waals surface area contributed by atoms with E-state index in [-0.39, 0.29) is 36.3 Å². The molecule has 5 nitrogen and oxygen atoms in total. The first-order valence-electron chi connectivity index (χ1n) is 7.42. The zero-order chi connectivity index (χ0) is 15.2. The summed E-state index contributed by atoms with van der Waals surface area (Å²) in [5.74, 6) is 0.160. The lowest BCUT2D eigenvalue weighted by Gasteiger charge is -2.32. The van der Waals surface area contributed by atoms with Crippen LogP contribution in [0.25, 0.3) is 0 Å². The van der Waals surface area contributed by atoms with E-state index in [0.717, 1.165) is 24.8 Å². The van der Waals surface area contributed by atoms with Crippen molar-refractivity contribution in [3.8, 4) is 0 Å². The number of halogens is 1. The van der Waals surface area contributed by atoms with Crippen LogP contribution in [0.5, 0.6) is 0 Å². The fourth-order valence-corrected chi connectivity index (χ4v) is 3.08. The second kappa shape index (κ2) is 9.12. The van der Waals surface area contributed by atoms with Gasteiger partial charge < -0.3 is 16.0 Å². The molecule has 2 rings (SSSR count). The number of nitrogens with two attached hydrogens (primary N) is 1. The molecule has 1 atom stereocenters. The first-order valence-corrected chi connectivity index (χ1v) is 8.37. The Balaban J connectivity index is 0.00000242. The van der Waals surface area contributed by atoms with Crippen LogP contribution in [0.15, 0.2) is 16.8 Å². The number of piperidine rings is 1. The summed E-state index contributed by atoms with van der Waals surface area (Å²) in [7, 11) is 0. The van der Waals surface area contributed by atoms with E-state index in [2.05, 4.69) is 5.32 Å². The molecule has 0 saturated carbocycles. The summed E-state index contributed by atoms with van der Waals surface area (Å²) in [4.78, 5) is 25.9. The predicted molar refractivity (Wildman–Crippen MR) is 91.5 cm³/mol. The Morgan fingerprint density at radius 1 is 1.45 bits per heavy atom. The van der Waals surface area contributed by atoms with E-state index in [9.17, 15) is 9.59 Å². The van der Waals surface area contributed by atoms with Crippen LogP contribution in [-0.4, -0.2) is 41.9 Å². The molecule has 1 unspecified atom stereocenters. The molecule has 0 bridgehead atoms. The topological polar surface area (TPSA) is 75.4 Å². The third kappa shape index (κ3) is 5.59. The van der Waals surface area contributed by atoms with Crippen LogP contribution in [0, 0.1) is 0 Å². The molecular weight excluding hydrogens is 322 g/mol. The lowest BCUT2D eigenvalue weighted by atomic mass is 10.0. The van der Waals surface area contributed by atoms with Crippen molar-refractivity contribution in [3.63, 3.8) is 0 Å². The van der Waals surface area contributed by atoms with Crippen molar-refractivity contribution in [2.75, 3.05) is 13.1 Å². The highest BCUT2D eigenvalue weighted by Gasteiger charge is 2.24. The van der Waals surface area contributed by atoms with Gasteiger partial charge in [0.1, 0.15) is 0 Å². The number of thiophene rings is 1. The van der Waals surface area contributed by atoms with Crippen molar-refractivity contribution >= 4 is 35.6 Å². The molecule has 0 radical (unpaired) electrons. The highest BCUT2D eigenvalue weighted by molar-refractivity contribution is 7.08. The highest BCUT2D eigenvalue weighted by Crippen LogP contribution is 2.14. The summed E-state index contributed by atoms with van der Waals surface area (Å²) in [5, 5.41) is 6.79. The maximum Gasteiger partial charge on any atom is 0.252 e. The Hall–Kier alpha value is -1.11. The molecule has 2 amide bonds. The van der Waals surface area contributed by atoms with Gasteiger partial charge in [-0.25, -0.2) is 0 Å². The molecule has 3 N–H and O–H groups in total. The number of likely N-dealkylation sites (tertiary alicyclic amines) is 1. The molecule has 2 heterocycles. The number of hydrogen-bond donors (Lipinski definition) is 2. The van der Waals surface area contributed by atoms with Crippen molar-refractivity contribution in [2.24, 2.45) is 5.73 Å². The average molecular weight is 346 g/mol. The molecule has 0 aromatic carbocycles. The third-order valence-corrected chi connectivity index (χ3v) is 4.46. The molecule has 22 heavy (non-hydrogen) atoms. The molecule has 0 spiro atoms. The molecule has 1 fully saturated rings. The number of hydrogen-bond acceptors (Lipinski definition) is 4. The molecule has 7 heteroatoms. The molecule has 124 valence electrons. The van der Waals surface area contributed by atoms with E-state index in [1.165, 1.54) is 11.3 Å². The number of nitrogens with one attached hydrogen (secondary N) is 1. The minimum Gasteiger partial charge on any atom is -0.349 e. The zero-order valence-corrected chi connectivity index (χ0v) is 14.4. The second-order valence-electron chi connectivity index (χ2n) is 5.66. The van der Waals surface area contributed by atoms with E-state index >= 15 is 0 Å². The van der Waals surface area contributed by atoms with Gasteiger partial charge in [0.25, 0.3) is 5.91 Å².